The van der Waals surface area contributed by atoms with Crippen molar-refractivity contribution in [1.82, 2.24) is 15.2 Å². The number of hydrogen-bond donors (Lipinski definition) is 1. The number of likely N-dealkylation sites (N-methyl/N-ethyl adjacent to an activating group) is 2. The average Bonchev–Trinajstić information content (AvgIpc) is 2.82. The molecule has 20 heavy (non-hydrogen) atoms. The van der Waals surface area contributed by atoms with Gasteiger partial charge in [0.05, 0.1) is 5.69 Å². The molecular formula is C15H28N4S. The van der Waals surface area contributed by atoms with Crippen molar-refractivity contribution in [3.8, 4) is 0 Å². The fourth-order valence-corrected chi connectivity index (χ4v) is 4.01. The standard InChI is InChI=1S/C15H28N4S/c1-5-7-13-14(10-16-2)20-15(17-13)19(4)12-8-6-9-18(3)11-12/h12,16H,5-11H2,1-4H3. The number of hydrogen-bond acceptors (Lipinski definition) is 5. The third-order valence-electron chi connectivity index (χ3n) is 4.04. The molecule has 4 nitrogen and oxygen atoms in total. The SMILES string of the molecule is CCCc1nc(N(C)C2CCCN(C)C2)sc1CNC. The first-order valence-electron chi connectivity index (χ1n) is 7.70. The van der Waals surface area contributed by atoms with E-state index in [1.165, 1.54) is 35.1 Å². The molecule has 0 radical (unpaired) electrons. The fourth-order valence-electron chi connectivity index (χ4n) is 2.86. The molecule has 114 valence electrons. The van der Waals surface area contributed by atoms with Crippen LogP contribution in [0.25, 0.3) is 0 Å². The highest BCUT2D eigenvalue weighted by Crippen LogP contribution is 2.29. The lowest BCUT2D eigenvalue weighted by Crippen LogP contribution is -2.45. The molecule has 1 fully saturated rings. The summed E-state index contributed by atoms with van der Waals surface area (Å²) in [5.41, 5.74) is 1.29. The van der Waals surface area contributed by atoms with E-state index in [2.05, 4.69) is 36.1 Å². The molecule has 0 spiro atoms. The van der Waals surface area contributed by atoms with Crippen LogP contribution in [0.5, 0.6) is 0 Å². The number of aromatic nitrogens is 1. The van der Waals surface area contributed by atoms with Gasteiger partial charge in [-0.2, -0.15) is 0 Å². The van der Waals surface area contributed by atoms with E-state index in [4.69, 9.17) is 4.98 Å². The highest BCUT2D eigenvalue weighted by molar-refractivity contribution is 7.15. The minimum absolute atomic E-state index is 0.608. The van der Waals surface area contributed by atoms with Crippen LogP contribution in [0.4, 0.5) is 5.13 Å². The summed E-state index contributed by atoms with van der Waals surface area (Å²) in [6.45, 7) is 5.54. The Morgan fingerprint density at radius 1 is 1.50 bits per heavy atom. The summed E-state index contributed by atoms with van der Waals surface area (Å²) >= 11 is 1.86. The molecule has 0 amide bonds. The van der Waals surface area contributed by atoms with E-state index in [1.807, 2.05) is 18.4 Å². The van der Waals surface area contributed by atoms with Crippen molar-refractivity contribution in [1.29, 1.82) is 0 Å². The molecule has 1 atom stereocenters. The van der Waals surface area contributed by atoms with Gasteiger partial charge in [-0.25, -0.2) is 4.98 Å². The van der Waals surface area contributed by atoms with E-state index in [0.29, 0.717) is 6.04 Å². The summed E-state index contributed by atoms with van der Waals surface area (Å²) in [4.78, 5) is 11.1. The monoisotopic (exact) mass is 296 g/mol. The highest BCUT2D eigenvalue weighted by Gasteiger charge is 2.24. The van der Waals surface area contributed by atoms with Gasteiger partial charge in [0.15, 0.2) is 5.13 Å². The predicted octanol–water partition coefficient (Wildman–Crippen LogP) is 2.35. The number of aryl methyl sites for hydroxylation is 1. The van der Waals surface area contributed by atoms with Gasteiger partial charge in [0.25, 0.3) is 0 Å². The van der Waals surface area contributed by atoms with Crippen LogP contribution in [0, 0.1) is 0 Å². The predicted molar refractivity (Wildman–Crippen MR) is 87.8 cm³/mol. The largest absolute Gasteiger partial charge is 0.347 e. The van der Waals surface area contributed by atoms with Gasteiger partial charge in [-0.1, -0.05) is 13.3 Å². The number of anilines is 1. The van der Waals surface area contributed by atoms with Crippen LogP contribution in [0.3, 0.4) is 0 Å². The van der Waals surface area contributed by atoms with E-state index in [1.54, 1.807) is 0 Å². The van der Waals surface area contributed by atoms with Crippen LogP contribution in [0.2, 0.25) is 0 Å². The lowest BCUT2D eigenvalue weighted by atomic mass is 10.1. The summed E-state index contributed by atoms with van der Waals surface area (Å²) in [7, 11) is 6.44. The minimum atomic E-state index is 0.608. The Hall–Kier alpha value is -0.650. The summed E-state index contributed by atoms with van der Waals surface area (Å²) in [6.07, 6.45) is 4.83. The number of piperidine rings is 1. The molecule has 2 rings (SSSR count). The molecule has 1 N–H and O–H groups in total. The van der Waals surface area contributed by atoms with Crippen molar-refractivity contribution in [2.45, 2.75) is 45.2 Å². The first-order chi connectivity index (χ1) is 9.65. The number of likely N-dealkylation sites (tertiary alicyclic amines) is 1. The topological polar surface area (TPSA) is 31.4 Å². The number of nitrogens with zero attached hydrogens (tertiary/aromatic N) is 3. The summed E-state index contributed by atoms with van der Waals surface area (Å²) in [5.74, 6) is 0. The van der Waals surface area contributed by atoms with Gasteiger partial charge in [-0.15, -0.1) is 11.3 Å². The molecule has 1 saturated heterocycles. The quantitative estimate of drug-likeness (QED) is 0.873. The Labute approximate surface area is 127 Å². The lowest BCUT2D eigenvalue weighted by molar-refractivity contribution is 0.248. The van der Waals surface area contributed by atoms with E-state index in [9.17, 15) is 0 Å². The Bertz CT molecular complexity index is 395. The molecule has 0 bridgehead atoms. The van der Waals surface area contributed by atoms with Crippen LogP contribution >= 0.6 is 11.3 Å². The van der Waals surface area contributed by atoms with Crippen LogP contribution in [0.15, 0.2) is 0 Å². The molecule has 0 aliphatic carbocycles. The van der Waals surface area contributed by atoms with Gasteiger partial charge in [0.2, 0.25) is 0 Å². The van der Waals surface area contributed by atoms with Crippen molar-refractivity contribution in [2.75, 3.05) is 39.1 Å². The fraction of sp³-hybridized carbons (Fsp3) is 0.800. The summed E-state index contributed by atoms with van der Waals surface area (Å²) in [6, 6.07) is 0.608. The van der Waals surface area contributed by atoms with Gasteiger partial charge >= 0.3 is 0 Å². The van der Waals surface area contributed by atoms with E-state index in [-0.39, 0.29) is 0 Å². The number of rotatable bonds is 6. The molecule has 1 aromatic rings. The third kappa shape index (κ3) is 3.71. The molecule has 1 aromatic heterocycles. The van der Waals surface area contributed by atoms with Crippen molar-refractivity contribution in [3.05, 3.63) is 10.6 Å². The zero-order valence-corrected chi connectivity index (χ0v) is 14.1. The maximum Gasteiger partial charge on any atom is 0.185 e. The molecule has 0 aromatic carbocycles. The first-order valence-corrected chi connectivity index (χ1v) is 8.51. The molecule has 1 unspecified atom stereocenters. The van der Waals surface area contributed by atoms with Gasteiger partial charge in [0, 0.05) is 31.1 Å². The van der Waals surface area contributed by atoms with Crippen LogP contribution in [0.1, 0.15) is 36.8 Å². The van der Waals surface area contributed by atoms with Gasteiger partial charge in [-0.3, -0.25) is 0 Å². The Balaban J connectivity index is 2.12. The second kappa shape index (κ2) is 7.38. The van der Waals surface area contributed by atoms with Gasteiger partial charge in [0.1, 0.15) is 0 Å². The summed E-state index contributed by atoms with van der Waals surface area (Å²) < 4.78 is 0. The van der Waals surface area contributed by atoms with Gasteiger partial charge in [-0.05, 0) is 39.9 Å². The Kier molecular flexibility index (Phi) is 5.81. The zero-order valence-electron chi connectivity index (χ0n) is 13.3. The van der Waals surface area contributed by atoms with E-state index >= 15 is 0 Å². The molecule has 1 aliphatic rings. The molecule has 0 saturated carbocycles. The molecular weight excluding hydrogens is 268 g/mol. The van der Waals surface area contributed by atoms with Gasteiger partial charge < -0.3 is 15.1 Å². The maximum atomic E-state index is 4.90. The Morgan fingerprint density at radius 3 is 2.95 bits per heavy atom. The van der Waals surface area contributed by atoms with E-state index < -0.39 is 0 Å². The molecule has 5 heteroatoms. The van der Waals surface area contributed by atoms with Crippen LogP contribution in [-0.4, -0.2) is 50.2 Å². The van der Waals surface area contributed by atoms with Crippen molar-refractivity contribution < 1.29 is 0 Å². The molecule has 2 heterocycles. The second-order valence-electron chi connectivity index (χ2n) is 5.82. The van der Waals surface area contributed by atoms with Crippen LogP contribution < -0.4 is 10.2 Å². The third-order valence-corrected chi connectivity index (χ3v) is 5.23. The molecule has 1 aliphatic heterocycles. The first kappa shape index (κ1) is 15.7. The maximum absolute atomic E-state index is 4.90. The zero-order chi connectivity index (χ0) is 14.5. The van der Waals surface area contributed by atoms with Crippen molar-refractivity contribution in [3.63, 3.8) is 0 Å². The smallest absolute Gasteiger partial charge is 0.185 e. The highest BCUT2D eigenvalue weighted by atomic mass is 32.1. The van der Waals surface area contributed by atoms with E-state index in [0.717, 1.165) is 25.9 Å². The number of thiazole rings is 1. The Morgan fingerprint density at radius 2 is 2.30 bits per heavy atom. The number of nitrogens with one attached hydrogen (secondary N) is 1. The van der Waals surface area contributed by atoms with Crippen molar-refractivity contribution >= 4 is 16.5 Å². The summed E-state index contributed by atoms with van der Waals surface area (Å²) in [5, 5.41) is 4.46. The minimum Gasteiger partial charge on any atom is -0.347 e. The normalized spacial score (nSPS) is 20.3. The van der Waals surface area contributed by atoms with Crippen LogP contribution in [-0.2, 0) is 13.0 Å². The average molecular weight is 296 g/mol. The second-order valence-corrected chi connectivity index (χ2v) is 6.88. The lowest BCUT2D eigenvalue weighted by Gasteiger charge is -2.35. The van der Waals surface area contributed by atoms with Crippen molar-refractivity contribution in [2.24, 2.45) is 0 Å².